The Morgan fingerprint density at radius 3 is 2.90 bits per heavy atom. The molecule has 2 aliphatic rings. The molecule has 20 heavy (non-hydrogen) atoms. The highest BCUT2D eigenvalue weighted by atomic mass is 16.5. The lowest BCUT2D eigenvalue weighted by molar-refractivity contribution is -0.0450. The largest absolute Gasteiger partial charge is 0.367 e. The van der Waals surface area contributed by atoms with Crippen LogP contribution in [0.4, 0.5) is 0 Å². The fraction of sp³-hybridized carbons (Fsp3) is 0.857. The highest BCUT2D eigenvalue weighted by molar-refractivity contribution is 5.04. The topological polar surface area (TPSA) is 77.4 Å². The molecule has 3 unspecified atom stereocenters. The van der Waals surface area contributed by atoms with E-state index in [0.717, 1.165) is 39.0 Å². The number of nitrogens with zero attached hydrogens (tertiary/aromatic N) is 3. The molecule has 2 heterocycles. The SMILES string of the molecule is CC(C)N1CCOC(c2noc(C3CCCC3N)n2)C1. The zero-order valence-corrected chi connectivity index (χ0v) is 12.3. The van der Waals surface area contributed by atoms with Gasteiger partial charge in [-0.1, -0.05) is 11.6 Å². The molecule has 1 saturated heterocycles. The summed E-state index contributed by atoms with van der Waals surface area (Å²) in [5.41, 5.74) is 6.09. The Morgan fingerprint density at radius 1 is 1.35 bits per heavy atom. The van der Waals surface area contributed by atoms with Crippen molar-refractivity contribution in [3.05, 3.63) is 11.7 Å². The van der Waals surface area contributed by atoms with E-state index >= 15 is 0 Å². The van der Waals surface area contributed by atoms with Crippen LogP contribution in [-0.4, -0.2) is 46.8 Å². The summed E-state index contributed by atoms with van der Waals surface area (Å²) in [7, 11) is 0. The lowest BCUT2D eigenvalue weighted by Gasteiger charge is -2.34. The summed E-state index contributed by atoms with van der Waals surface area (Å²) in [6.07, 6.45) is 3.15. The first-order valence-corrected chi connectivity index (χ1v) is 7.60. The van der Waals surface area contributed by atoms with E-state index in [2.05, 4.69) is 28.9 Å². The molecule has 3 rings (SSSR count). The molecule has 0 bridgehead atoms. The van der Waals surface area contributed by atoms with Crippen LogP contribution in [0, 0.1) is 0 Å². The lowest BCUT2D eigenvalue weighted by Crippen LogP contribution is -2.42. The van der Waals surface area contributed by atoms with Crippen molar-refractivity contribution in [2.45, 2.75) is 57.2 Å². The third-order valence-electron chi connectivity index (χ3n) is 4.46. The number of hydrogen-bond acceptors (Lipinski definition) is 6. The van der Waals surface area contributed by atoms with Gasteiger partial charge in [-0.3, -0.25) is 4.90 Å². The molecule has 112 valence electrons. The van der Waals surface area contributed by atoms with Gasteiger partial charge in [0.05, 0.1) is 12.5 Å². The van der Waals surface area contributed by atoms with Crippen molar-refractivity contribution in [2.75, 3.05) is 19.7 Å². The van der Waals surface area contributed by atoms with Gasteiger partial charge in [-0.2, -0.15) is 4.98 Å². The molecule has 6 nitrogen and oxygen atoms in total. The minimum absolute atomic E-state index is 0.0822. The average molecular weight is 280 g/mol. The van der Waals surface area contributed by atoms with Crippen LogP contribution in [-0.2, 0) is 4.74 Å². The minimum atomic E-state index is -0.0822. The Labute approximate surface area is 119 Å². The highest BCUT2D eigenvalue weighted by Crippen LogP contribution is 2.33. The number of rotatable bonds is 3. The Hall–Kier alpha value is -0.980. The molecular weight excluding hydrogens is 256 g/mol. The standard InChI is InChI=1S/C14H24N4O2/c1-9(2)18-6-7-19-12(8-18)13-16-14(20-17-13)10-4-3-5-11(10)15/h9-12H,3-8,15H2,1-2H3. The number of nitrogens with two attached hydrogens (primary N) is 1. The van der Waals surface area contributed by atoms with Crippen LogP contribution in [0.2, 0.25) is 0 Å². The summed E-state index contributed by atoms with van der Waals surface area (Å²) >= 11 is 0. The molecule has 2 N–H and O–H groups in total. The summed E-state index contributed by atoms with van der Waals surface area (Å²) < 4.78 is 11.2. The van der Waals surface area contributed by atoms with E-state index in [0.29, 0.717) is 17.8 Å². The van der Waals surface area contributed by atoms with Crippen molar-refractivity contribution in [1.29, 1.82) is 0 Å². The van der Waals surface area contributed by atoms with Gasteiger partial charge >= 0.3 is 0 Å². The van der Waals surface area contributed by atoms with Crippen LogP contribution in [0.5, 0.6) is 0 Å². The molecule has 1 aromatic heterocycles. The minimum Gasteiger partial charge on any atom is -0.367 e. The van der Waals surface area contributed by atoms with Crippen molar-refractivity contribution in [1.82, 2.24) is 15.0 Å². The van der Waals surface area contributed by atoms with Crippen molar-refractivity contribution in [3.8, 4) is 0 Å². The Morgan fingerprint density at radius 2 is 2.20 bits per heavy atom. The molecule has 6 heteroatoms. The fourth-order valence-corrected chi connectivity index (χ4v) is 3.12. The normalized spacial score (nSPS) is 32.1. The lowest BCUT2D eigenvalue weighted by atomic mass is 10.1. The van der Waals surface area contributed by atoms with Gasteiger partial charge in [0.15, 0.2) is 0 Å². The molecule has 1 saturated carbocycles. The molecule has 1 aliphatic carbocycles. The van der Waals surface area contributed by atoms with E-state index in [1.165, 1.54) is 0 Å². The first-order valence-electron chi connectivity index (χ1n) is 7.60. The van der Waals surface area contributed by atoms with Crippen molar-refractivity contribution in [3.63, 3.8) is 0 Å². The van der Waals surface area contributed by atoms with Gasteiger partial charge in [-0.05, 0) is 26.7 Å². The van der Waals surface area contributed by atoms with Gasteiger partial charge in [0.25, 0.3) is 0 Å². The summed E-state index contributed by atoms with van der Waals surface area (Å²) in [4.78, 5) is 6.93. The molecule has 1 aromatic rings. The quantitative estimate of drug-likeness (QED) is 0.903. The monoisotopic (exact) mass is 280 g/mol. The van der Waals surface area contributed by atoms with Gasteiger partial charge in [-0.25, -0.2) is 0 Å². The number of ether oxygens (including phenoxy) is 1. The maximum absolute atomic E-state index is 6.09. The molecule has 1 aliphatic heterocycles. The fourth-order valence-electron chi connectivity index (χ4n) is 3.12. The second kappa shape index (κ2) is 5.79. The van der Waals surface area contributed by atoms with Gasteiger partial charge < -0.3 is 15.0 Å². The molecule has 0 amide bonds. The van der Waals surface area contributed by atoms with Crippen LogP contribution < -0.4 is 5.73 Å². The van der Waals surface area contributed by atoms with Crippen LogP contribution in [0.25, 0.3) is 0 Å². The Balaban J connectivity index is 1.70. The van der Waals surface area contributed by atoms with Crippen LogP contribution in [0.1, 0.15) is 56.8 Å². The molecule has 2 fully saturated rings. The highest BCUT2D eigenvalue weighted by Gasteiger charge is 2.33. The Kier molecular flexibility index (Phi) is 4.05. The zero-order chi connectivity index (χ0) is 14.1. The van der Waals surface area contributed by atoms with Crippen LogP contribution >= 0.6 is 0 Å². The first-order chi connectivity index (χ1) is 9.65. The van der Waals surface area contributed by atoms with E-state index in [1.807, 2.05) is 0 Å². The average Bonchev–Trinajstić information content (AvgIpc) is 3.07. The van der Waals surface area contributed by atoms with E-state index < -0.39 is 0 Å². The predicted molar refractivity (Wildman–Crippen MR) is 74.3 cm³/mol. The van der Waals surface area contributed by atoms with Crippen molar-refractivity contribution in [2.24, 2.45) is 5.73 Å². The third-order valence-corrected chi connectivity index (χ3v) is 4.46. The molecule has 0 radical (unpaired) electrons. The zero-order valence-electron chi connectivity index (χ0n) is 12.3. The summed E-state index contributed by atoms with van der Waals surface area (Å²) in [6, 6.07) is 0.666. The maximum atomic E-state index is 6.09. The Bertz CT molecular complexity index is 448. The van der Waals surface area contributed by atoms with Gasteiger partial charge in [0.2, 0.25) is 11.7 Å². The first kappa shape index (κ1) is 14.0. The van der Waals surface area contributed by atoms with E-state index in [1.54, 1.807) is 0 Å². The maximum Gasteiger partial charge on any atom is 0.231 e. The van der Waals surface area contributed by atoms with E-state index in [9.17, 15) is 0 Å². The number of aromatic nitrogens is 2. The molecule has 0 aromatic carbocycles. The van der Waals surface area contributed by atoms with E-state index in [4.69, 9.17) is 15.0 Å². The predicted octanol–water partition coefficient (Wildman–Crippen LogP) is 1.45. The van der Waals surface area contributed by atoms with Crippen LogP contribution in [0.15, 0.2) is 4.52 Å². The van der Waals surface area contributed by atoms with Crippen molar-refractivity contribution >= 4 is 0 Å². The summed E-state index contributed by atoms with van der Waals surface area (Å²) in [5, 5.41) is 4.12. The second-order valence-corrected chi connectivity index (χ2v) is 6.14. The molecular formula is C14H24N4O2. The van der Waals surface area contributed by atoms with Crippen LogP contribution in [0.3, 0.4) is 0 Å². The smallest absolute Gasteiger partial charge is 0.231 e. The van der Waals surface area contributed by atoms with Gasteiger partial charge in [0.1, 0.15) is 6.10 Å². The van der Waals surface area contributed by atoms with Gasteiger partial charge in [0, 0.05) is 25.2 Å². The van der Waals surface area contributed by atoms with E-state index in [-0.39, 0.29) is 18.1 Å². The number of hydrogen-bond donors (Lipinski definition) is 1. The third kappa shape index (κ3) is 2.73. The molecule has 3 atom stereocenters. The summed E-state index contributed by atoms with van der Waals surface area (Å²) in [6.45, 7) is 6.90. The second-order valence-electron chi connectivity index (χ2n) is 6.14. The summed E-state index contributed by atoms with van der Waals surface area (Å²) in [5.74, 6) is 1.58. The van der Waals surface area contributed by atoms with Crippen molar-refractivity contribution < 1.29 is 9.26 Å². The number of morpholine rings is 1. The molecule has 0 spiro atoms. The van der Waals surface area contributed by atoms with Gasteiger partial charge in [-0.15, -0.1) is 0 Å².